The van der Waals surface area contributed by atoms with Crippen LogP contribution in [0.3, 0.4) is 0 Å². The van der Waals surface area contributed by atoms with E-state index < -0.39 is 31.4 Å². The van der Waals surface area contributed by atoms with Gasteiger partial charge in [-0.25, -0.2) is 18.6 Å². The van der Waals surface area contributed by atoms with Gasteiger partial charge in [-0.15, -0.1) is 10.2 Å². The van der Waals surface area contributed by atoms with E-state index in [-0.39, 0.29) is 10.9 Å². The van der Waals surface area contributed by atoms with Gasteiger partial charge in [-0.05, 0) is 48.5 Å². The number of rotatable bonds is 2. The second-order valence-electron chi connectivity index (χ2n) is 7.61. The van der Waals surface area contributed by atoms with Crippen molar-refractivity contribution in [2.75, 3.05) is 0 Å². The van der Waals surface area contributed by atoms with Crippen LogP contribution in [0.25, 0.3) is 43.9 Å². The average Bonchev–Trinajstić information content (AvgIpc) is 2.84. The maximum atomic E-state index is 12.9. The van der Waals surface area contributed by atoms with Crippen LogP contribution in [0.5, 0.6) is 0 Å². The van der Waals surface area contributed by atoms with Crippen LogP contribution in [0.4, 0.5) is 0 Å². The third kappa shape index (κ3) is 5.12. The molecule has 0 unspecified atom stereocenters. The highest BCUT2D eigenvalue weighted by atomic mass is 127. The largest absolute Gasteiger partial charge is 0.456 e. The molecule has 0 atom stereocenters. The fraction of sp³-hybridized carbons (Fsp3) is 0. The third-order valence-electron chi connectivity index (χ3n) is 5.29. The minimum Gasteiger partial charge on any atom is -0.456 e. The molecule has 0 aliphatic carbocycles. The van der Waals surface area contributed by atoms with Crippen LogP contribution in [0.2, 0.25) is 0 Å². The Morgan fingerprint density at radius 2 is 0.889 bits per heavy atom. The van der Waals surface area contributed by atoms with Crippen LogP contribution in [-0.4, -0.2) is 0 Å². The molecule has 0 fully saturated rings. The van der Waals surface area contributed by atoms with Gasteiger partial charge in [-0.1, -0.05) is 24.3 Å². The van der Waals surface area contributed by atoms with Crippen molar-refractivity contribution in [1.29, 1.82) is 0 Å². The average molecular weight is 617 g/mol. The quantitative estimate of drug-likeness (QED) is 0.154. The molecule has 6 rings (SSSR count). The highest BCUT2D eigenvalue weighted by Gasteiger charge is 2.20. The second kappa shape index (κ2) is 9.62. The van der Waals surface area contributed by atoms with E-state index in [1.165, 1.54) is 0 Å². The molecule has 2 heterocycles. The van der Waals surface area contributed by atoms with Crippen molar-refractivity contribution < 1.29 is 58.9 Å². The predicted octanol–water partition coefficient (Wildman–Crippen LogP) is -2.42. The molecular weight excluding hydrogens is 603 g/mol. The van der Waals surface area contributed by atoms with Crippen LogP contribution in [-0.2, 0) is 0 Å². The van der Waals surface area contributed by atoms with E-state index >= 15 is 0 Å². The van der Waals surface area contributed by atoms with Crippen molar-refractivity contribution in [2.24, 2.45) is 0 Å². The van der Waals surface area contributed by atoms with Gasteiger partial charge in [0.05, 0.1) is 21.5 Å². The highest BCUT2D eigenvalue weighted by Crippen LogP contribution is 2.19. The molecular formula is C26H14ClIO8. The van der Waals surface area contributed by atoms with Crippen molar-refractivity contribution in [2.45, 2.75) is 0 Å². The van der Waals surface area contributed by atoms with E-state index in [0.717, 1.165) is 7.14 Å². The van der Waals surface area contributed by atoms with E-state index in [2.05, 4.69) is 0 Å². The molecule has 0 amide bonds. The molecule has 0 bridgehead atoms. The van der Waals surface area contributed by atoms with Gasteiger partial charge >= 0.3 is 21.2 Å². The predicted molar refractivity (Wildman–Crippen MR) is 117 cm³/mol. The summed E-state index contributed by atoms with van der Waals surface area (Å²) in [5.41, 5.74) is 2.32. The SMILES string of the molecule is O=c1c2ccccc2oc2ccc([I+]c3ccc4oc5ccccc5c(=O)c4c3)cc12.[O-][Cl+3]([O-])([O-])[O-]. The Hall–Kier alpha value is -3.32. The summed E-state index contributed by atoms with van der Waals surface area (Å²) in [6.45, 7) is 0. The molecule has 180 valence electrons. The van der Waals surface area contributed by atoms with Crippen LogP contribution in [0.15, 0.2) is 103 Å². The van der Waals surface area contributed by atoms with Crippen molar-refractivity contribution >= 4 is 43.9 Å². The molecule has 0 saturated carbocycles. The van der Waals surface area contributed by atoms with Gasteiger partial charge in [0.25, 0.3) is 0 Å². The molecule has 8 nitrogen and oxygen atoms in total. The monoisotopic (exact) mass is 616 g/mol. The third-order valence-corrected chi connectivity index (χ3v) is 7.88. The van der Waals surface area contributed by atoms with Gasteiger partial charge in [0.1, 0.15) is 22.3 Å². The van der Waals surface area contributed by atoms with Crippen LogP contribution < -0.4 is 50.7 Å². The topological polar surface area (TPSA) is 153 Å². The van der Waals surface area contributed by atoms with Gasteiger partial charge in [0.2, 0.25) is 10.9 Å². The van der Waals surface area contributed by atoms with Crippen molar-refractivity contribution in [3.05, 3.63) is 113 Å². The first-order chi connectivity index (χ1) is 17.2. The van der Waals surface area contributed by atoms with Gasteiger partial charge in [0.15, 0.2) is 7.14 Å². The molecule has 0 aliphatic heterocycles. The Bertz CT molecular complexity index is 1730. The summed E-state index contributed by atoms with van der Waals surface area (Å²) >= 11 is -0.596. The first-order valence-corrected chi connectivity index (χ1v) is 13.7. The van der Waals surface area contributed by atoms with Crippen molar-refractivity contribution in [3.8, 4) is 0 Å². The lowest BCUT2D eigenvalue weighted by molar-refractivity contribution is -2.00. The zero-order chi connectivity index (χ0) is 25.4. The summed E-state index contributed by atoms with van der Waals surface area (Å²) in [4.78, 5) is 25.9. The lowest BCUT2D eigenvalue weighted by Gasteiger charge is -2.17. The first-order valence-electron chi connectivity index (χ1n) is 10.4. The number of para-hydroxylation sites is 2. The van der Waals surface area contributed by atoms with Gasteiger partial charge < -0.3 is 8.83 Å². The Balaban J connectivity index is 0.000000489. The van der Waals surface area contributed by atoms with Crippen LogP contribution in [0, 0.1) is 17.4 Å². The Kier molecular flexibility index (Phi) is 6.51. The second-order valence-corrected chi connectivity index (χ2v) is 11.4. The summed E-state index contributed by atoms with van der Waals surface area (Å²) in [5.74, 6) is 0. The van der Waals surface area contributed by atoms with Crippen LogP contribution >= 0.6 is 0 Å². The zero-order valence-electron chi connectivity index (χ0n) is 18.1. The van der Waals surface area contributed by atoms with E-state index in [4.69, 9.17) is 27.5 Å². The fourth-order valence-electron chi connectivity index (χ4n) is 3.79. The lowest BCUT2D eigenvalue weighted by atomic mass is 10.1. The fourth-order valence-corrected chi connectivity index (χ4v) is 6.17. The number of halogens is 2. The molecule has 36 heavy (non-hydrogen) atoms. The highest BCUT2D eigenvalue weighted by molar-refractivity contribution is 5.90. The standard InChI is InChI=1S/C26H14IO4.ClHO4/c28-25-17-5-1-3-7-21(17)30-23-11-9-15(13-19(23)25)27-16-10-12-24-20(14-16)26(29)18-6-2-4-8-22(18)31-24;2-1(3,4)5/h1-14H;(H,2,3,4,5)/q+1;/p-1. The number of fused-ring (bicyclic) bond motifs is 4. The molecule has 0 radical (unpaired) electrons. The van der Waals surface area contributed by atoms with E-state index in [1.54, 1.807) is 24.3 Å². The molecule has 0 spiro atoms. The summed E-state index contributed by atoms with van der Waals surface area (Å²) in [5, 5.41) is 2.34. The molecule has 6 aromatic rings. The Morgan fingerprint density at radius 1 is 0.528 bits per heavy atom. The zero-order valence-corrected chi connectivity index (χ0v) is 21.0. The van der Waals surface area contributed by atoms with Crippen molar-refractivity contribution in [1.82, 2.24) is 0 Å². The maximum Gasteiger partial charge on any atom is 0.357 e. The molecule has 0 saturated heterocycles. The van der Waals surface area contributed by atoms with E-state index in [0.29, 0.717) is 43.9 Å². The summed E-state index contributed by atoms with van der Waals surface area (Å²) < 4.78 is 47.9. The summed E-state index contributed by atoms with van der Waals surface area (Å²) in [7, 11) is -4.94. The normalized spacial score (nSPS) is 11.7. The molecule has 0 aliphatic rings. The number of hydrogen-bond donors (Lipinski definition) is 0. The molecule has 2 aromatic heterocycles. The van der Waals surface area contributed by atoms with E-state index in [9.17, 15) is 9.59 Å². The Morgan fingerprint density at radius 3 is 1.31 bits per heavy atom. The van der Waals surface area contributed by atoms with Crippen molar-refractivity contribution in [3.63, 3.8) is 0 Å². The maximum absolute atomic E-state index is 12.9. The minimum atomic E-state index is -4.94. The summed E-state index contributed by atoms with van der Waals surface area (Å²) in [6.07, 6.45) is 0. The number of hydrogen-bond acceptors (Lipinski definition) is 8. The van der Waals surface area contributed by atoms with Gasteiger partial charge in [0, 0.05) is 12.1 Å². The minimum absolute atomic E-state index is 0.0201. The molecule has 0 N–H and O–H groups in total. The molecule has 4 aromatic carbocycles. The van der Waals surface area contributed by atoms with Gasteiger partial charge in [-0.3, -0.25) is 9.59 Å². The van der Waals surface area contributed by atoms with E-state index in [1.807, 2.05) is 60.7 Å². The first kappa shape index (κ1) is 24.4. The smallest absolute Gasteiger partial charge is 0.357 e. The summed E-state index contributed by atoms with van der Waals surface area (Å²) in [6, 6.07) is 26.2. The van der Waals surface area contributed by atoms with Crippen LogP contribution in [0.1, 0.15) is 0 Å². The molecule has 10 heteroatoms. The van der Waals surface area contributed by atoms with Gasteiger partial charge in [-0.2, -0.15) is 0 Å². The lowest BCUT2D eigenvalue weighted by Crippen LogP contribution is -3.61. The number of benzene rings is 4. The Labute approximate surface area is 214 Å².